The Morgan fingerprint density at radius 2 is 1.54 bits per heavy atom. The van der Waals surface area contributed by atoms with Gasteiger partial charge in [-0.05, 0) is 55.2 Å². The van der Waals surface area contributed by atoms with Crippen molar-refractivity contribution in [3.8, 4) is 0 Å². The van der Waals surface area contributed by atoms with E-state index in [0.717, 1.165) is 17.5 Å². The second-order valence-corrected chi connectivity index (χ2v) is 12.9. The maximum Gasteiger partial charge on any atom is 0.243 e. The zero-order valence-electron chi connectivity index (χ0n) is 23.6. The Morgan fingerprint density at radius 3 is 2.15 bits per heavy atom. The second kappa shape index (κ2) is 15.4. The van der Waals surface area contributed by atoms with Crippen molar-refractivity contribution in [3.05, 3.63) is 100 Å². The summed E-state index contributed by atoms with van der Waals surface area (Å²) in [5, 5.41) is 3.79. The van der Waals surface area contributed by atoms with E-state index in [9.17, 15) is 18.0 Å². The molecule has 0 saturated carbocycles. The Balaban J connectivity index is 1.86. The monoisotopic (exact) mass is 617 g/mol. The minimum absolute atomic E-state index is 0.0534. The van der Waals surface area contributed by atoms with Crippen LogP contribution in [-0.2, 0) is 32.6 Å². The Hall–Kier alpha value is -2.91. The quantitative estimate of drug-likeness (QED) is 0.242. The fraction of sp³-hybridized carbons (Fsp3) is 0.355. The van der Waals surface area contributed by atoms with Crippen LogP contribution in [0.1, 0.15) is 44.2 Å². The number of amides is 2. The highest BCUT2D eigenvalue weighted by Crippen LogP contribution is 2.25. The van der Waals surface area contributed by atoms with Gasteiger partial charge in [-0.25, -0.2) is 12.7 Å². The van der Waals surface area contributed by atoms with Gasteiger partial charge in [-0.2, -0.15) is 0 Å². The molecule has 0 radical (unpaired) electrons. The molecule has 0 unspecified atom stereocenters. The van der Waals surface area contributed by atoms with Gasteiger partial charge >= 0.3 is 0 Å². The highest BCUT2D eigenvalue weighted by molar-refractivity contribution is 7.89. The van der Waals surface area contributed by atoms with Crippen molar-refractivity contribution < 1.29 is 18.0 Å². The molecule has 2 amide bonds. The Kier molecular flexibility index (Phi) is 12.2. The van der Waals surface area contributed by atoms with Crippen molar-refractivity contribution in [3.63, 3.8) is 0 Å². The van der Waals surface area contributed by atoms with E-state index in [0.29, 0.717) is 16.5 Å². The van der Waals surface area contributed by atoms with Gasteiger partial charge in [0, 0.05) is 39.0 Å². The average molecular weight is 619 g/mol. The van der Waals surface area contributed by atoms with E-state index in [4.69, 9.17) is 23.2 Å². The molecule has 2 atom stereocenters. The molecule has 1 N–H and O–H groups in total. The van der Waals surface area contributed by atoms with Crippen LogP contribution in [0.25, 0.3) is 0 Å². The molecule has 7 nitrogen and oxygen atoms in total. The van der Waals surface area contributed by atoms with Crippen LogP contribution in [0.4, 0.5) is 0 Å². The van der Waals surface area contributed by atoms with E-state index in [1.807, 2.05) is 44.2 Å². The molecule has 0 fully saturated rings. The van der Waals surface area contributed by atoms with Crippen LogP contribution >= 0.6 is 23.2 Å². The van der Waals surface area contributed by atoms with Gasteiger partial charge in [0.05, 0.1) is 14.9 Å². The SMILES string of the molecule is CC[C@@H](C)NC(=O)[C@@H](Cc1ccccc1)N(Cc1ccc(Cl)c(Cl)c1)C(=O)CCCN(C)S(=O)(=O)c1ccccc1. The van der Waals surface area contributed by atoms with Crippen molar-refractivity contribution >= 4 is 45.0 Å². The first-order valence-corrected chi connectivity index (χ1v) is 15.8. The number of nitrogens with one attached hydrogen (secondary N) is 1. The van der Waals surface area contributed by atoms with Crippen LogP contribution in [0.5, 0.6) is 0 Å². The minimum atomic E-state index is -3.68. The summed E-state index contributed by atoms with van der Waals surface area (Å²) >= 11 is 12.4. The van der Waals surface area contributed by atoms with E-state index in [2.05, 4.69) is 5.32 Å². The number of carbonyl (C=O) groups excluding carboxylic acids is 2. The second-order valence-electron chi connectivity index (χ2n) is 10.0. The van der Waals surface area contributed by atoms with Crippen LogP contribution in [0, 0.1) is 0 Å². The highest BCUT2D eigenvalue weighted by atomic mass is 35.5. The predicted octanol–water partition coefficient (Wildman–Crippen LogP) is 5.95. The highest BCUT2D eigenvalue weighted by Gasteiger charge is 2.31. The Morgan fingerprint density at radius 1 is 0.902 bits per heavy atom. The van der Waals surface area contributed by atoms with Gasteiger partial charge in [0.15, 0.2) is 0 Å². The summed E-state index contributed by atoms with van der Waals surface area (Å²) in [4.78, 5) is 29.2. The van der Waals surface area contributed by atoms with Crippen molar-refractivity contribution in [2.75, 3.05) is 13.6 Å². The number of halogens is 2. The molecule has 0 bridgehead atoms. The van der Waals surface area contributed by atoms with Crippen LogP contribution in [0.3, 0.4) is 0 Å². The van der Waals surface area contributed by atoms with E-state index in [1.54, 1.807) is 53.4 Å². The van der Waals surface area contributed by atoms with Gasteiger partial charge in [-0.3, -0.25) is 9.59 Å². The summed E-state index contributed by atoms with van der Waals surface area (Å²) < 4.78 is 27.1. The Bertz CT molecular complexity index is 1410. The molecule has 0 aliphatic carbocycles. The third kappa shape index (κ3) is 9.30. The first kappa shape index (κ1) is 32.6. The van der Waals surface area contributed by atoms with Crippen molar-refractivity contribution in [2.24, 2.45) is 0 Å². The summed E-state index contributed by atoms with van der Waals surface area (Å²) in [7, 11) is -2.19. The molecule has 0 aliphatic rings. The van der Waals surface area contributed by atoms with E-state index in [-0.39, 0.29) is 48.7 Å². The molecule has 41 heavy (non-hydrogen) atoms. The summed E-state index contributed by atoms with van der Waals surface area (Å²) in [6.07, 6.45) is 1.40. The zero-order chi connectivity index (χ0) is 30.0. The summed E-state index contributed by atoms with van der Waals surface area (Å²) in [5.74, 6) is -0.512. The van der Waals surface area contributed by atoms with Crippen molar-refractivity contribution in [1.29, 1.82) is 0 Å². The van der Waals surface area contributed by atoms with Gasteiger partial charge in [0.25, 0.3) is 0 Å². The minimum Gasteiger partial charge on any atom is -0.352 e. The van der Waals surface area contributed by atoms with E-state index >= 15 is 0 Å². The number of carbonyl (C=O) groups is 2. The fourth-order valence-electron chi connectivity index (χ4n) is 4.32. The molecule has 3 rings (SSSR count). The summed E-state index contributed by atoms with van der Waals surface area (Å²) in [6.45, 7) is 4.19. The lowest BCUT2D eigenvalue weighted by atomic mass is 10.0. The van der Waals surface area contributed by atoms with Crippen LogP contribution < -0.4 is 5.32 Å². The van der Waals surface area contributed by atoms with Crippen LogP contribution in [-0.4, -0.2) is 55.1 Å². The largest absolute Gasteiger partial charge is 0.352 e. The van der Waals surface area contributed by atoms with Gasteiger partial charge in [-0.15, -0.1) is 0 Å². The molecule has 3 aromatic carbocycles. The lowest BCUT2D eigenvalue weighted by Gasteiger charge is -2.32. The smallest absolute Gasteiger partial charge is 0.243 e. The molecule has 0 spiro atoms. The number of hydrogen-bond acceptors (Lipinski definition) is 4. The van der Waals surface area contributed by atoms with E-state index in [1.165, 1.54) is 11.4 Å². The summed E-state index contributed by atoms with van der Waals surface area (Å²) in [5.41, 5.74) is 1.64. The average Bonchev–Trinajstić information content (AvgIpc) is 2.97. The molecule has 3 aromatic rings. The lowest BCUT2D eigenvalue weighted by molar-refractivity contribution is -0.141. The normalized spacial score (nSPS) is 13.0. The zero-order valence-corrected chi connectivity index (χ0v) is 25.9. The molecule has 0 saturated heterocycles. The molecular weight excluding hydrogens is 581 g/mol. The fourth-order valence-corrected chi connectivity index (χ4v) is 5.87. The molecule has 10 heteroatoms. The number of hydrogen-bond donors (Lipinski definition) is 1. The predicted molar refractivity (Wildman–Crippen MR) is 164 cm³/mol. The van der Waals surface area contributed by atoms with Gasteiger partial charge < -0.3 is 10.2 Å². The Labute approximate surface area is 253 Å². The maximum atomic E-state index is 13.8. The molecule has 0 aromatic heterocycles. The third-order valence-corrected chi connectivity index (χ3v) is 9.53. The molecule has 0 heterocycles. The first-order chi connectivity index (χ1) is 19.5. The first-order valence-electron chi connectivity index (χ1n) is 13.6. The van der Waals surface area contributed by atoms with Crippen molar-refractivity contribution in [2.45, 2.75) is 63.1 Å². The number of sulfonamides is 1. The number of rotatable bonds is 14. The third-order valence-electron chi connectivity index (χ3n) is 6.92. The maximum absolute atomic E-state index is 13.8. The van der Waals surface area contributed by atoms with E-state index < -0.39 is 16.1 Å². The van der Waals surface area contributed by atoms with Crippen LogP contribution in [0.2, 0.25) is 10.0 Å². The lowest BCUT2D eigenvalue weighted by Crippen LogP contribution is -2.52. The summed E-state index contributed by atoms with van der Waals surface area (Å²) in [6, 6.07) is 22.0. The van der Waals surface area contributed by atoms with Gasteiger partial charge in [0.2, 0.25) is 21.8 Å². The number of nitrogens with zero attached hydrogens (tertiary/aromatic N) is 2. The van der Waals surface area contributed by atoms with Crippen LogP contribution in [0.15, 0.2) is 83.8 Å². The molecule has 220 valence electrons. The number of benzene rings is 3. The van der Waals surface area contributed by atoms with Crippen molar-refractivity contribution in [1.82, 2.24) is 14.5 Å². The van der Waals surface area contributed by atoms with Gasteiger partial charge in [-0.1, -0.05) is 84.7 Å². The standard InChI is InChI=1S/C31H37Cl2N3O4S/c1-4-23(2)34-31(38)29(21-24-12-7-5-8-13-24)36(22-25-17-18-27(32)28(33)20-25)30(37)16-11-19-35(3)41(39,40)26-14-9-6-10-15-26/h5-10,12-15,17-18,20,23,29H,4,11,16,19,21-22H2,1-3H3,(H,34,38)/t23-,29-/m1/s1. The molecule has 0 aliphatic heterocycles. The molecular formula is C31H37Cl2N3O4S. The topological polar surface area (TPSA) is 86.8 Å². The van der Waals surface area contributed by atoms with Gasteiger partial charge in [0.1, 0.15) is 6.04 Å².